The highest BCUT2D eigenvalue weighted by Crippen LogP contribution is 2.48. The van der Waals surface area contributed by atoms with E-state index < -0.39 is 5.97 Å². The standard InChI is InChI=1S/C15H26N2O3/c1-17(8-7-14(18)19)15(20)16-10-12-9-13(12)11-5-3-2-4-6-11/h11-13H,2-10H2,1H3,(H,16,20)(H,18,19)/t12-,13-/m0/s1. The second-order valence-electron chi connectivity index (χ2n) is 6.31. The van der Waals surface area contributed by atoms with E-state index in [-0.39, 0.29) is 19.0 Å². The molecular formula is C15H26N2O3. The Balaban J connectivity index is 1.61. The van der Waals surface area contributed by atoms with Crippen LogP contribution in [0, 0.1) is 17.8 Å². The molecule has 0 aliphatic heterocycles. The molecule has 2 amide bonds. The molecule has 0 aromatic rings. The van der Waals surface area contributed by atoms with Gasteiger partial charge in [0.2, 0.25) is 0 Å². The maximum Gasteiger partial charge on any atom is 0.317 e. The maximum atomic E-state index is 11.8. The van der Waals surface area contributed by atoms with Crippen LogP contribution in [0.1, 0.15) is 44.9 Å². The summed E-state index contributed by atoms with van der Waals surface area (Å²) in [6.45, 7) is 1.01. The molecule has 2 aliphatic rings. The molecule has 5 heteroatoms. The van der Waals surface area contributed by atoms with Gasteiger partial charge in [-0.2, -0.15) is 0 Å². The van der Waals surface area contributed by atoms with Crippen molar-refractivity contribution >= 4 is 12.0 Å². The quantitative estimate of drug-likeness (QED) is 0.785. The fourth-order valence-electron chi connectivity index (χ4n) is 3.36. The average molecular weight is 282 g/mol. The van der Waals surface area contributed by atoms with Crippen LogP contribution in [0.5, 0.6) is 0 Å². The number of carbonyl (C=O) groups is 2. The van der Waals surface area contributed by atoms with Gasteiger partial charge in [0.1, 0.15) is 0 Å². The van der Waals surface area contributed by atoms with Crippen molar-refractivity contribution in [1.82, 2.24) is 10.2 Å². The van der Waals surface area contributed by atoms with Crippen molar-refractivity contribution in [1.29, 1.82) is 0 Å². The number of nitrogens with one attached hydrogen (secondary N) is 1. The van der Waals surface area contributed by atoms with Gasteiger partial charge in [-0.1, -0.05) is 32.1 Å². The lowest BCUT2D eigenvalue weighted by atomic mass is 9.85. The van der Waals surface area contributed by atoms with Gasteiger partial charge in [-0.05, 0) is 24.2 Å². The lowest BCUT2D eigenvalue weighted by molar-refractivity contribution is -0.137. The Hall–Kier alpha value is -1.26. The Morgan fingerprint density at radius 1 is 1.25 bits per heavy atom. The number of hydrogen-bond acceptors (Lipinski definition) is 2. The normalized spacial score (nSPS) is 26.1. The van der Waals surface area contributed by atoms with Crippen LogP contribution in [-0.2, 0) is 4.79 Å². The molecule has 2 aliphatic carbocycles. The van der Waals surface area contributed by atoms with Crippen LogP contribution in [0.15, 0.2) is 0 Å². The summed E-state index contributed by atoms with van der Waals surface area (Å²) in [7, 11) is 1.64. The van der Waals surface area contributed by atoms with Crippen LogP contribution in [0.2, 0.25) is 0 Å². The SMILES string of the molecule is CN(CCC(=O)O)C(=O)NC[C@@H]1C[C@H]1C1CCCCC1. The molecule has 0 spiro atoms. The van der Waals surface area contributed by atoms with Gasteiger partial charge in [-0.15, -0.1) is 0 Å². The molecular weight excluding hydrogens is 256 g/mol. The molecule has 2 atom stereocenters. The third kappa shape index (κ3) is 4.39. The molecule has 0 unspecified atom stereocenters. The molecule has 2 fully saturated rings. The van der Waals surface area contributed by atoms with Crippen molar-refractivity contribution in [2.24, 2.45) is 17.8 Å². The molecule has 0 heterocycles. The van der Waals surface area contributed by atoms with Gasteiger partial charge in [0.15, 0.2) is 0 Å². The summed E-state index contributed by atoms with van der Waals surface area (Å²) >= 11 is 0. The minimum absolute atomic E-state index is 0.00194. The second kappa shape index (κ2) is 6.95. The third-order valence-electron chi connectivity index (χ3n) is 4.76. The number of carboxylic acid groups (broad SMARTS) is 1. The van der Waals surface area contributed by atoms with E-state index in [1.54, 1.807) is 7.05 Å². The number of nitrogens with zero attached hydrogens (tertiary/aromatic N) is 1. The minimum atomic E-state index is -0.871. The molecule has 0 aromatic carbocycles. The van der Waals surface area contributed by atoms with Crippen LogP contribution >= 0.6 is 0 Å². The molecule has 0 bridgehead atoms. The van der Waals surface area contributed by atoms with Gasteiger partial charge in [-0.3, -0.25) is 4.79 Å². The van der Waals surface area contributed by atoms with E-state index in [2.05, 4.69) is 5.32 Å². The van der Waals surface area contributed by atoms with Crippen molar-refractivity contribution in [3.8, 4) is 0 Å². The first-order valence-corrected chi connectivity index (χ1v) is 7.78. The van der Waals surface area contributed by atoms with Gasteiger partial charge in [0.05, 0.1) is 6.42 Å². The molecule has 114 valence electrons. The summed E-state index contributed by atoms with van der Waals surface area (Å²) in [4.78, 5) is 23.7. The Morgan fingerprint density at radius 3 is 2.60 bits per heavy atom. The topological polar surface area (TPSA) is 69.6 Å². The minimum Gasteiger partial charge on any atom is -0.481 e. The van der Waals surface area contributed by atoms with Gasteiger partial charge in [0.25, 0.3) is 0 Å². The van der Waals surface area contributed by atoms with E-state index in [1.165, 1.54) is 43.4 Å². The van der Waals surface area contributed by atoms with Gasteiger partial charge >= 0.3 is 12.0 Å². The number of aliphatic carboxylic acids is 1. The second-order valence-corrected chi connectivity index (χ2v) is 6.31. The van der Waals surface area contributed by atoms with Crippen LogP contribution in [0.3, 0.4) is 0 Å². The average Bonchev–Trinajstić information content (AvgIpc) is 3.22. The third-order valence-corrected chi connectivity index (χ3v) is 4.76. The van der Waals surface area contributed by atoms with E-state index in [1.807, 2.05) is 0 Å². The molecule has 2 rings (SSSR count). The van der Waals surface area contributed by atoms with Crippen LogP contribution in [0.4, 0.5) is 4.79 Å². The first-order chi connectivity index (χ1) is 9.58. The van der Waals surface area contributed by atoms with Crippen molar-refractivity contribution < 1.29 is 14.7 Å². The summed E-state index contributed by atoms with van der Waals surface area (Å²) in [6, 6.07) is -0.152. The van der Waals surface area contributed by atoms with Gasteiger partial charge < -0.3 is 15.3 Å². The van der Waals surface area contributed by atoms with Gasteiger partial charge in [0, 0.05) is 20.1 Å². The highest BCUT2D eigenvalue weighted by atomic mass is 16.4. The fraction of sp³-hybridized carbons (Fsp3) is 0.867. The number of carboxylic acids is 1. The molecule has 0 aromatic heterocycles. The van der Waals surface area contributed by atoms with E-state index in [0.717, 1.165) is 18.4 Å². The van der Waals surface area contributed by atoms with Crippen LogP contribution in [0.25, 0.3) is 0 Å². The summed E-state index contributed by atoms with van der Waals surface area (Å²) in [5.74, 6) is 1.48. The number of urea groups is 1. The predicted molar refractivity (Wildman–Crippen MR) is 76.5 cm³/mol. The largest absolute Gasteiger partial charge is 0.481 e. The number of carbonyl (C=O) groups excluding carboxylic acids is 1. The number of rotatable bonds is 6. The number of amides is 2. The highest BCUT2D eigenvalue weighted by Gasteiger charge is 2.42. The lowest BCUT2D eigenvalue weighted by Gasteiger charge is -2.22. The molecule has 0 radical (unpaired) electrons. The predicted octanol–water partition coefficient (Wildman–Crippen LogP) is 2.32. The Bertz CT molecular complexity index is 353. The summed E-state index contributed by atoms with van der Waals surface area (Å²) in [5, 5.41) is 11.5. The summed E-state index contributed by atoms with van der Waals surface area (Å²) in [5.41, 5.74) is 0. The zero-order valence-corrected chi connectivity index (χ0v) is 12.3. The lowest BCUT2D eigenvalue weighted by Crippen LogP contribution is -2.39. The van der Waals surface area contributed by atoms with E-state index >= 15 is 0 Å². The summed E-state index contributed by atoms with van der Waals surface area (Å²) < 4.78 is 0. The Morgan fingerprint density at radius 2 is 1.95 bits per heavy atom. The molecule has 5 nitrogen and oxygen atoms in total. The maximum absolute atomic E-state index is 11.8. The molecule has 0 saturated heterocycles. The molecule has 20 heavy (non-hydrogen) atoms. The summed E-state index contributed by atoms with van der Waals surface area (Å²) in [6.07, 6.45) is 8.12. The molecule has 2 saturated carbocycles. The Kier molecular flexibility index (Phi) is 5.26. The van der Waals surface area contributed by atoms with E-state index in [4.69, 9.17) is 5.11 Å². The monoisotopic (exact) mass is 282 g/mol. The van der Waals surface area contributed by atoms with Crippen LogP contribution in [-0.4, -0.2) is 42.1 Å². The van der Waals surface area contributed by atoms with E-state index in [9.17, 15) is 9.59 Å². The number of hydrogen-bond donors (Lipinski definition) is 2. The smallest absolute Gasteiger partial charge is 0.317 e. The zero-order valence-electron chi connectivity index (χ0n) is 12.3. The zero-order chi connectivity index (χ0) is 14.5. The first kappa shape index (κ1) is 15.1. The van der Waals surface area contributed by atoms with E-state index in [0.29, 0.717) is 5.92 Å². The van der Waals surface area contributed by atoms with Gasteiger partial charge in [-0.25, -0.2) is 4.79 Å². The first-order valence-electron chi connectivity index (χ1n) is 7.78. The van der Waals surface area contributed by atoms with Crippen molar-refractivity contribution in [3.05, 3.63) is 0 Å². The highest BCUT2D eigenvalue weighted by molar-refractivity contribution is 5.75. The van der Waals surface area contributed by atoms with Crippen molar-refractivity contribution in [2.45, 2.75) is 44.9 Å². The molecule has 2 N–H and O–H groups in total. The van der Waals surface area contributed by atoms with Crippen molar-refractivity contribution in [2.75, 3.05) is 20.1 Å². The Labute approximate surface area is 120 Å². The fourth-order valence-corrected chi connectivity index (χ4v) is 3.36. The van der Waals surface area contributed by atoms with Crippen LogP contribution < -0.4 is 5.32 Å². The van der Waals surface area contributed by atoms with Crippen molar-refractivity contribution in [3.63, 3.8) is 0 Å².